The van der Waals surface area contributed by atoms with Gasteiger partial charge in [-0.15, -0.1) is 0 Å². The molecule has 0 radical (unpaired) electrons. The molecule has 0 spiro atoms. The molecule has 0 atom stereocenters. The zero-order valence-corrected chi connectivity index (χ0v) is 8.42. The normalized spacial score (nSPS) is 12.8. The van der Waals surface area contributed by atoms with E-state index in [2.05, 4.69) is 5.32 Å². The fraction of sp³-hybridized carbons (Fsp3) is 0.500. The molecule has 2 N–H and O–H groups in total. The van der Waals surface area contributed by atoms with E-state index in [1.165, 1.54) is 6.20 Å². The molecule has 3 heteroatoms. The second-order valence-corrected chi connectivity index (χ2v) is 2.64. The molecule has 0 heterocycles. The van der Waals surface area contributed by atoms with Crippen LogP contribution in [0.4, 0.5) is 0 Å². The zero-order chi connectivity index (χ0) is 10.3. The van der Waals surface area contributed by atoms with Gasteiger partial charge in [-0.05, 0) is 18.4 Å². The minimum absolute atomic E-state index is 0.354. The molecule has 0 aromatic rings. The van der Waals surface area contributed by atoms with Gasteiger partial charge in [-0.25, -0.2) is 4.79 Å². The molecule has 0 aliphatic heterocycles. The molecular weight excluding hydrogens is 166 g/mol. The molecule has 0 fully saturated rings. The first kappa shape index (κ1) is 11.8. The second-order valence-electron chi connectivity index (χ2n) is 2.64. The summed E-state index contributed by atoms with van der Waals surface area (Å²) in [5, 5.41) is 11.6. The number of allylic oxidation sites excluding steroid dienone is 1. The summed E-state index contributed by atoms with van der Waals surface area (Å²) < 4.78 is 0. The number of aliphatic carboxylic acids is 1. The third-order valence-electron chi connectivity index (χ3n) is 1.70. The average molecular weight is 183 g/mol. The van der Waals surface area contributed by atoms with Crippen LogP contribution in [0.25, 0.3) is 0 Å². The van der Waals surface area contributed by atoms with Gasteiger partial charge in [0, 0.05) is 13.2 Å². The first-order chi connectivity index (χ1) is 6.17. The summed E-state index contributed by atoms with van der Waals surface area (Å²) in [6.45, 7) is 3.95. The van der Waals surface area contributed by atoms with Crippen LogP contribution >= 0.6 is 0 Å². The van der Waals surface area contributed by atoms with Gasteiger partial charge in [0.2, 0.25) is 0 Å². The van der Waals surface area contributed by atoms with Gasteiger partial charge >= 0.3 is 5.97 Å². The first-order valence-electron chi connectivity index (χ1n) is 4.47. The number of carbonyl (C=O) groups is 1. The third-order valence-corrected chi connectivity index (χ3v) is 1.70. The highest BCUT2D eigenvalue weighted by Gasteiger charge is 2.10. The number of carboxylic acids is 1. The van der Waals surface area contributed by atoms with Gasteiger partial charge in [-0.2, -0.15) is 0 Å². The summed E-state index contributed by atoms with van der Waals surface area (Å²) >= 11 is 0. The third kappa shape index (κ3) is 3.78. The van der Waals surface area contributed by atoms with Crippen LogP contribution in [-0.4, -0.2) is 18.1 Å². The lowest BCUT2D eigenvalue weighted by atomic mass is 10.0. The number of carboxylic acid groups (broad SMARTS) is 1. The van der Waals surface area contributed by atoms with Crippen LogP contribution in [0.3, 0.4) is 0 Å². The van der Waals surface area contributed by atoms with E-state index in [1.807, 2.05) is 19.9 Å². The summed E-state index contributed by atoms with van der Waals surface area (Å²) in [6, 6.07) is 0. The molecule has 74 valence electrons. The van der Waals surface area contributed by atoms with Crippen LogP contribution in [0.1, 0.15) is 26.7 Å². The maximum absolute atomic E-state index is 10.8. The summed E-state index contributed by atoms with van der Waals surface area (Å²) in [7, 11) is 1.70. The number of hydrogen-bond acceptors (Lipinski definition) is 2. The van der Waals surface area contributed by atoms with Crippen LogP contribution in [0, 0.1) is 0 Å². The van der Waals surface area contributed by atoms with E-state index in [0.29, 0.717) is 5.57 Å². The van der Waals surface area contributed by atoms with Crippen LogP contribution in [0.2, 0.25) is 0 Å². The van der Waals surface area contributed by atoms with Gasteiger partial charge in [-0.3, -0.25) is 0 Å². The quantitative estimate of drug-likeness (QED) is 0.505. The number of rotatable bonds is 5. The van der Waals surface area contributed by atoms with Crippen LogP contribution < -0.4 is 5.32 Å². The van der Waals surface area contributed by atoms with Crippen LogP contribution in [0.5, 0.6) is 0 Å². The van der Waals surface area contributed by atoms with Gasteiger partial charge in [-0.1, -0.05) is 19.9 Å². The zero-order valence-electron chi connectivity index (χ0n) is 8.42. The lowest BCUT2D eigenvalue weighted by molar-refractivity contribution is -0.132. The molecule has 0 bridgehead atoms. The Hall–Kier alpha value is -1.25. The lowest BCUT2D eigenvalue weighted by Gasteiger charge is -2.05. The molecular formula is C10H17NO2. The van der Waals surface area contributed by atoms with Gasteiger partial charge in [0.05, 0.1) is 5.57 Å². The topological polar surface area (TPSA) is 49.3 Å². The number of nitrogens with one attached hydrogen (secondary N) is 1. The Kier molecular flexibility index (Phi) is 5.68. The fourth-order valence-electron chi connectivity index (χ4n) is 1.13. The predicted octanol–water partition coefficient (Wildman–Crippen LogP) is 1.92. The average Bonchev–Trinajstić information content (AvgIpc) is 2.10. The molecule has 0 aliphatic rings. The van der Waals surface area contributed by atoms with Crippen molar-refractivity contribution in [3.8, 4) is 0 Å². The summed E-state index contributed by atoms with van der Waals surface area (Å²) in [6.07, 6.45) is 5.07. The molecule has 0 saturated heterocycles. The Morgan fingerprint density at radius 1 is 1.46 bits per heavy atom. The molecule has 0 aromatic carbocycles. The van der Waals surface area contributed by atoms with Crippen molar-refractivity contribution in [3.63, 3.8) is 0 Å². The Bertz CT molecular complexity index is 229. The maximum Gasteiger partial charge on any atom is 0.337 e. The monoisotopic (exact) mass is 183 g/mol. The highest BCUT2D eigenvalue weighted by molar-refractivity contribution is 5.91. The second kappa shape index (κ2) is 6.29. The largest absolute Gasteiger partial charge is 0.478 e. The molecule has 0 saturated carbocycles. The van der Waals surface area contributed by atoms with Gasteiger partial charge in [0.1, 0.15) is 0 Å². The molecule has 13 heavy (non-hydrogen) atoms. The van der Waals surface area contributed by atoms with Crippen LogP contribution in [0.15, 0.2) is 23.4 Å². The Morgan fingerprint density at radius 2 is 2.08 bits per heavy atom. The van der Waals surface area contributed by atoms with E-state index in [-0.39, 0.29) is 0 Å². The van der Waals surface area contributed by atoms with Crippen molar-refractivity contribution in [1.82, 2.24) is 5.32 Å². The highest BCUT2D eigenvalue weighted by atomic mass is 16.4. The molecule has 0 unspecified atom stereocenters. The fourth-order valence-corrected chi connectivity index (χ4v) is 1.13. The van der Waals surface area contributed by atoms with Crippen molar-refractivity contribution in [1.29, 1.82) is 0 Å². The van der Waals surface area contributed by atoms with Crippen molar-refractivity contribution in [3.05, 3.63) is 23.4 Å². The molecule has 3 nitrogen and oxygen atoms in total. The Balaban J connectivity index is 4.81. The van der Waals surface area contributed by atoms with E-state index in [9.17, 15) is 4.79 Å². The molecule has 0 aromatic heterocycles. The van der Waals surface area contributed by atoms with Crippen molar-refractivity contribution >= 4 is 5.97 Å². The first-order valence-corrected chi connectivity index (χ1v) is 4.47. The summed E-state index contributed by atoms with van der Waals surface area (Å²) in [5.74, 6) is -0.879. The van der Waals surface area contributed by atoms with E-state index in [0.717, 1.165) is 18.4 Å². The Labute approximate surface area is 79.2 Å². The summed E-state index contributed by atoms with van der Waals surface area (Å²) in [5.41, 5.74) is 1.23. The smallest absolute Gasteiger partial charge is 0.337 e. The molecule has 0 amide bonds. The highest BCUT2D eigenvalue weighted by Crippen LogP contribution is 2.14. The van der Waals surface area contributed by atoms with E-state index >= 15 is 0 Å². The Morgan fingerprint density at radius 3 is 2.38 bits per heavy atom. The van der Waals surface area contributed by atoms with Gasteiger partial charge < -0.3 is 10.4 Å². The predicted molar refractivity (Wildman–Crippen MR) is 53.4 cm³/mol. The molecule has 0 aliphatic carbocycles. The van der Waals surface area contributed by atoms with Crippen LogP contribution in [-0.2, 0) is 4.79 Å². The minimum atomic E-state index is -0.879. The van der Waals surface area contributed by atoms with Crippen molar-refractivity contribution in [2.45, 2.75) is 26.7 Å². The SMILES string of the molecule is CC/C=C(CC)/C(=C\NC)C(=O)O. The van der Waals surface area contributed by atoms with E-state index < -0.39 is 5.97 Å². The number of hydrogen-bond donors (Lipinski definition) is 2. The van der Waals surface area contributed by atoms with E-state index in [4.69, 9.17) is 5.11 Å². The summed E-state index contributed by atoms with van der Waals surface area (Å²) in [4.78, 5) is 10.8. The molecule has 0 rings (SSSR count). The lowest BCUT2D eigenvalue weighted by Crippen LogP contribution is -2.08. The van der Waals surface area contributed by atoms with Crippen molar-refractivity contribution < 1.29 is 9.90 Å². The van der Waals surface area contributed by atoms with E-state index in [1.54, 1.807) is 7.05 Å². The maximum atomic E-state index is 10.8. The van der Waals surface area contributed by atoms with Crippen molar-refractivity contribution in [2.24, 2.45) is 0 Å². The van der Waals surface area contributed by atoms with Gasteiger partial charge in [0.15, 0.2) is 0 Å². The van der Waals surface area contributed by atoms with Crippen molar-refractivity contribution in [2.75, 3.05) is 7.05 Å². The van der Waals surface area contributed by atoms with Gasteiger partial charge in [0.25, 0.3) is 0 Å². The minimum Gasteiger partial charge on any atom is -0.478 e. The standard InChI is InChI=1S/C10H17NO2/c1-4-6-8(5-2)9(7-11-3)10(12)13/h6-7,11H,4-5H2,1-3H3,(H,12,13)/b8-6+,9-7+.